The van der Waals surface area contributed by atoms with Crippen LogP contribution in [0.2, 0.25) is 10.0 Å². The van der Waals surface area contributed by atoms with Gasteiger partial charge in [-0.25, -0.2) is 0 Å². The summed E-state index contributed by atoms with van der Waals surface area (Å²) < 4.78 is 11.3. The number of benzene rings is 2. The second-order valence-electron chi connectivity index (χ2n) is 6.16. The van der Waals surface area contributed by atoms with Crippen LogP contribution in [0.3, 0.4) is 0 Å². The van der Waals surface area contributed by atoms with E-state index >= 15 is 0 Å². The molecule has 0 aliphatic carbocycles. The summed E-state index contributed by atoms with van der Waals surface area (Å²) in [6.07, 6.45) is 0.138. The van der Waals surface area contributed by atoms with Crippen molar-refractivity contribution in [2.24, 2.45) is 0 Å². The van der Waals surface area contributed by atoms with Crippen LogP contribution in [0.4, 0.5) is 0 Å². The minimum Gasteiger partial charge on any atom is -0.494 e. The second-order valence-corrected chi connectivity index (χ2v) is 7.03. The summed E-state index contributed by atoms with van der Waals surface area (Å²) in [5.41, 5.74) is 1.85. The van der Waals surface area contributed by atoms with Gasteiger partial charge in [-0.05, 0) is 48.4 Å². The third kappa shape index (κ3) is 4.91. The van der Waals surface area contributed by atoms with E-state index in [4.69, 9.17) is 32.7 Å². The maximum atomic E-state index is 12.7. The van der Waals surface area contributed by atoms with Gasteiger partial charge in [0, 0.05) is 16.6 Å². The number of rotatable bonds is 5. The largest absolute Gasteiger partial charge is 0.494 e. The van der Waals surface area contributed by atoms with Crippen LogP contribution in [0.15, 0.2) is 42.5 Å². The van der Waals surface area contributed by atoms with Crippen molar-refractivity contribution >= 4 is 29.1 Å². The number of morpholine rings is 1. The summed E-state index contributed by atoms with van der Waals surface area (Å²) in [7, 11) is 0. The first-order chi connectivity index (χ1) is 12.5. The Morgan fingerprint density at radius 1 is 1.19 bits per heavy atom. The summed E-state index contributed by atoms with van der Waals surface area (Å²) in [6.45, 7) is 4.14. The average Bonchev–Trinajstić information content (AvgIpc) is 2.63. The van der Waals surface area contributed by atoms with Crippen LogP contribution >= 0.6 is 23.2 Å². The molecule has 26 heavy (non-hydrogen) atoms. The van der Waals surface area contributed by atoms with Crippen LogP contribution in [0.5, 0.6) is 5.75 Å². The van der Waals surface area contributed by atoms with E-state index in [0.717, 1.165) is 16.9 Å². The molecule has 0 saturated carbocycles. The highest BCUT2D eigenvalue weighted by atomic mass is 35.5. The Labute approximate surface area is 163 Å². The van der Waals surface area contributed by atoms with Gasteiger partial charge in [0.05, 0.1) is 26.2 Å². The summed E-state index contributed by atoms with van der Waals surface area (Å²) in [4.78, 5) is 14.5. The van der Waals surface area contributed by atoms with E-state index in [1.54, 1.807) is 6.07 Å². The second kappa shape index (κ2) is 8.76. The number of hydrogen-bond acceptors (Lipinski definition) is 3. The predicted molar refractivity (Wildman–Crippen MR) is 103 cm³/mol. The van der Waals surface area contributed by atoms with Crippen molar-refractivity contribution in [1.82, 2.24) is 4.90 Å². The number of amides is 1. The van der Waals surface area contributed by atoms with Crippen molar-refractivity contribution < 1.29 is 14.3 Å². The molecule has 1 saturated heterocycles. The van der Waals surface area contributed by atoms with Crippen LogP contribution < -0.4 is 4.74 Å². The zero-order valence-corrected chi connectivity index (χ0v) is 16.1. The van der Waals surface area contributed by atoms with Gasteiger partial charge in [-0.15, -0.1) is 0 Å². The molecule has 138 valence electrons. The fraction of sp³-hybridized carbons (Fsp3) is 0.350. The lowest BCUT2D eigenvalue weighted by Crippen LogP contribution is -2.43. The third-order valence-electron chi connectivity index (χ3n) is 4.27. The van der Waals surface area contributed by atoms with E-state index in [1.165, 1.54) is 0 Å². The number of hydrogen-bond donors (Lipinski definition) is 0. The van der Waals surface area contributed by atoms with Gasteiger partial charge < -0.3 is 14.4 Å². The lowest BCUT2D eigenvalue weighted by molar-refractivity contribution is -0.138. The van der Waals surface area contributed by atoms with E-state index in [-0.39, 0.29) is 12.0 Å². The zero-order chi connectivity index (χ0) is 18.5. The minimum absolute atomic E-state index is 0.0792. The molecule has 2 aromatic rings. The van der Waals surface area contributed by atoms with E-state index in [0.29, 0.717) is 42.8 Å². The Kier molecular flexibility index (Phi) is 6.41. The quantitative estimate of drug-likeness (QED) is 0.748. The van der Waals surface area contributed by atoms with Crippen LogP contribution in [0.1, 0.15) is 24.2 Å². The molecule has 1 aliphatic rings. The van der Waals surface area contributed by atoms with E-state index < -0.39 is 0 Å². The SMILES string of the molecule is CCOc1ccc(CC(=O)N2CCOC(c3cc(Cl)cc(Cl)c3)C2)cc1. The van der Waals surface area contributed by atoms with Gasteiger partial charge in [-0.1, -0.05) is 35.3 Å². The third-order valence-corrected chi connectivity index (χ3v) is 4.70. The highest BCUT2D eigenvalue weighted by Gasteiger charge is 2.25. The van der Waals surface area contributed by atoms with Crippen molar-refractivity contribution in [1.29, 1.82) is 0 Å². The average molecular weight is 394 g/mol. The van der Waals surface area contributed by atoms with Crippen LogP contribution in [0, 0.1) is 0 Å². The summed E-state index contributed by atoms with van der Waals surface area (Å²) >= 11 is 12.2. The summed E-state index contributed by atoms with van der Waals surface area (Å²) in [5.74, 6) is 0.892. The maximum Gasteiger partial charge on any atom is 0.227 e. The molecular formula is C20H21Cl2NO3. The molecule has 0 N–H and O–H groups in total. The maximum absolute atomic E-state index is 12.7. The van der Waals surface area contributed by atoms with Gasteiger partial charge in [0.15, 0.2) is 0 Å². The number of nitrogens with zero attached hydrogens (tertiary/aromatic N) is 1. The van der Waals surface area contributed by atoms with E-state index in [9.17, 15) is 4.79 Å². The molecule has 3 rings (SSSR count). The topological polar surface area (TPSA) is 38.8 Å². The molecular weight excluding hydrogens is 373 g/mol. The van der Waals surface area contributed by atoms with Gasteiger partial charge in [-0.2, -0.15) is 0 Å². The van der Waals surface area contributed by atoms with Crippen molar-refractivity contribution in [3.05, 3.63) is 63.6 Å². The molecule has 1 unspecified atom stereocenters. The molecule has 0 radical (unpaired) electrons. The van der Waals surface area contributed by atoms with Crippen molar-refractivity contribution in [2.45, 2.75) is 19.4 Å². The van der Waals surface area contributed by atoms with Gasteiger partial charge >= 0.3 is 0 Å². The highest BCUT2D eigenvalue weighted by molar-refractivity contribution is 6.34. The first-order valence-corrected chi connectivity index (χ1v) is 9.38. The molecule has 1 amide bonds. The Hall–Kier alpha value is -1.75. The lowest BCUT2D eigenvalue weighted by Gasteiger charge is -2.33. The lowest BCUT2D eigenvalue weighted by atomic mass is 10.1. The van der Waals surface area contributed by atoms with Crippen LogP contribution in [0.25, 0.3) is 0 Å². The normalized spacial score (nSPS) is 17.2. The molecule has 1 atom stereocenters. The first-order valence-electron chi connectivity index (χ1n) is 8.62. The van der Waals surface area contributed by atoms with Gasteiger partial charge in [0.1, 0.15) is 11.9 Å². The molecule has 1 fully saturated rings. The fourth-order valence-corrected chi connectivity index (χ4v) is 3.54. The molecule has 1 heterocycles. The van der Waals surface area contributed by atoms with Crippen LogP contribution in [-0.4, -0.2) is 37.1 Å². The Balaban J connectivity index is 1.64. The molecule has 0 aromatic heterocycles. The van der Waals surface area contributed by atoms with Gasteiger partial charge in [0.2, 0.25) is 5.91 Å². The summed E-state index contributed by atoms with van der Waals surface area (Å²) in [6, 6.07) is 13.0. The molecule has 2 aromatic carbocycles. The first kappa shape index (κ1) is 19.0. The monoisotopic (exact) mass is 393 g/mol. The van der Waals surface area contributed by atoms with E-state index in [2.05, 4.69) is 0 Å². The van der Waals surface area contributed by atoms with Crippen molar-refractivity contribution in [3.63, 3.8) is 0 Å². The van der Waals surface area contributed by atoms with Gasteiger partial charge in [-0.3, -0.25) is 4.79 Å². The molecule has 0 spiro atoms. The summed E-state index contributed by atoms with van der Waals surface area (Å²) in [5, 5.41) is 1.13. The van der Waals surface area contributed by atoms with Gasteiger partial charge in [0.25, 0.3) is 0 Å². The molecule has 6 heteroatoms. The van der Waals surface area contributed by atoms with Crippen molar-refractivity contribution in [2.75, 3.05) is 26.3 Å². The highest BCUT2D eigenvalue weighted by Crippen LogP contribution is 2.28. The van der Waals surface area contributed by atoms with E-state index in [1.807, 2.05) is 48.2 Å². The Bertz CT molecular complexity index is 744. The van der Waals surface area contributed by atoms with Crippen LogP contribution in [-0.2, 0) is 16.0 Å². The van der Waals surface area contributed by atoms with Crippen molar-refractivity contribution in [3.8, 4) is 5.75 Å². The molecule has 0 bridgehead atoms. The minimum atomic E-state index is -0.218. The Morgan fingerprint density at radius 3 is 2.54 bits per heavy atom. The molecule has 4 nitrogen and oxygen atoms in total. The number of carbonyl (C=O) groups is 1. The number of carbonyl (C=O) groups excluding carboxylic acids is 1. The number of ether oxygens (including phenoxy) is 2. The molecule has 1 aliphatic heterocycles. The smallest absolute Gasteiger partial charge is 0.227 e. The predicted octanol–water partition coefficient (Wildman–Crippen LogP) is 4.53. The standard InChI is InChI=1S/C20H21Cl2NO3/c1-2-25-18-5-3-14(4-6-18)9-20(24)23-7-8-26-19(13-23)15-10-16(21)12-17(22)11-15/h3-6,10-12,19H,2,7-9,13H2,1H3. The number of halogens is 2. The zero-order valence-electron chi connectivity index (χ0n) is 14.6. The fourth-order valence-electron chi connectivity index (χ4n) is 3.00. The Morgan fingerprint density at radius 2 is 1.88 bits per heavy atom.